The van der Waals surface area contributed by atoms with E-state index in [0.29, 0.717) is 11.4 Å². The summed E-state index contributed by atoms with van der Waals surface area (Å²) in [7, 11) is 0. The second-order valence-electron chi connectivity index (χ2n) is 3.69. The minimum atomic E-state index is -0.583. The van der Waals surface area contributed by atoms with Crippen molar-refractivity contribution in [3.8, 4) is 5.75 Å². The summed E-state index contributed by atoms with van der Waals surface area (Å²) in [5.74, 6) is -0.380. The first-order chi connectivity index (χ1) is 9.15. The van der Waals surface area contributed by atoms with Crippen LogP contribution in [0.1, 0.15) is 17.4 Å². The van der Waals surface area contributed by atoms with Gasteiger partial charge in [-0.3, -0.25) is 9.78 Å². The molecule has 0 atom stereocenters. The minimum Gasteiger partial charge on any atom is -0.422 e. The van der Waals surface area contributed by atoms with Crippen molar-refractivity contribution in [3.63, 3.8) is 0 Å². The Kier molecular flexibility index (Phi) is 3.82. The number of carbonyl (C=O) groups excluding carboxylic acids is 2. The lowest BCUT2D eigenvalue weighted by atomic mass is 10.3. The zero-order valence-corrected chi connectivity index (χ0v) is 10.2. The van der Waals surface area contributed by atoms with Gasteiger partial charge in [-0.15, -0.1) is 0 Å². The first-order valence-corrected chi connectivity index (χ1v) is 5.51. The summed E-state index contributed by atoms with van der Waals surface area (Å²) < 4.78 is 5.11. The Labute approximate surface area is 109 Å². The van der Waals surface area contributed by atoms with Crippen molar-refractivity contribution in [2.45, 2.75) is 6.92 Å². The quantitative estimate of drug-likeness (QED) is 0.668. The van der Waals surface area contributed by atoms with Crippen molar-refractivity contribution < 1.29 is 14.3 Å². The van der Waals surface area contributed by atoms with E-state index in [-0.39, 0.29) is 11.6 Å². The normalized spacial score (nSPS) is 9.74. The highest BCUT2D eigenvalue weighted by Crippen LogP contribution is 2.16. The largest absolute Gasteiger partial charge is 0.422 e. The number of anilines is 1. The van der Waals surface area contributed by atoms with Gasteiger partial charge in [0.05, 0.1) is 6.20 Å². The molecule has 0 saturated carbocycles. The SMILES string of the molecule is CC(=O)Nc1ccc(OC(=O)c2cnccn2)cc1. The molecule has 0 bridgehead atoms. The second-order valence-corrected chi connectivity index (χ2v) is 3.69. The van der Waals surface area contributed by atoms with E-state index in [1.807, 2.05) is 0 Å². The fourth-order valence-electron chi connectivity index (χ4n) is 1.37. The van der Waals surface area contributed by atoms with Crippen molar-refractivity contribution in [1.29, 1.82) is 0 Å². The number of benzene rings is 1. The summed E-state index contributed by atoms with van der Waals surface area (Å²) in [5.41, 5.74) is 0.764. The molecule has 96 valence electrons. The molecule has 0 aliphatic heterocycles. The molecule has 0 aliphatic rings. The number of ether oxygens (including phenoxy) is 1. The lowest BCUT2D eigenvalue weighted by molar-refractivity contribution is -0.114. The van der Waals surface area contributed by atoms with E-state index in [2.05, 4.69) is 15.3 Å². The fraction of sp³-hybridized carbons (Fsp3) is 0.0769. The molecular formula is C13H11N3O3. The van der Waals surface area contributed by atoms with E-state index < -0.39 is 5.97 Å². The third kappa shape index (κ3) is 3.60. The number of nitrogens with zero attached hydrogens (tertiary/aromatic N) is 2. The molecule has 19 heavy (non-hydrogen) atoms. The molecule has 1 N–H and O–H groups in total. The molecule has 0 saturated heterocycles. The summed E-state index contributed by atoms with van der Waals surface area (Å²) in [4.78, 5) is 30.2. The first-order valence-electron chi connectivity index (χ1n) is 5.51. The molecule has 0 unspecified atom stereocenters. The van der Waals surface area contributed by atoms with Gasteiger partial charge in [-0.25, -0.2) is 9.78 Å². The maximum Gasteiger partial charge on any atom is 0.363 e. The van der Waals surface area contributed by atoms with Crippen LogP contribution in [0.25, 0.3) is 0 Å². The minimum absolute atomic E-state index is 0.133. The van der Waals surface area contributed by atoms with Gasteiger partial charge >= 0.3 is 5.97 Å². The summed E-state index contributed by atoms with van der Waals surface area (Å²) in [6.45, 7) is 1.42. The number of nitrogens with one attached hydrogen (secondary N) is 1. The van der Waals surface area contributed by atoms with E-state index in [1.165, 1.54) is 25.5 Å². The van der Waals surface area contributed by atoms with Crippen molar-refractivity contribution in [1.82, 2.24) is 9.97 Å². The third-order valence-corrected chi connectivity index (χ3v) is 2.16. The standard InChI is InChI=1S/C13H11N3O3/c1-9(17)16-10-2-4-11(5-3-10)19-13(18)12-8-14-6-7-15-12/h2-8H,1H3,(H,16,17). The first kappa shape index (κ1) is 12.7. The molecule has 1 amide bonds. The topological polar surface area (TPSA) is 81.2 Å². The maximum absolute atomic E-state index is 11.7. The van der Waals surface area contributed by atoms with Gasteiger partial charge < -0.3 is 10.1 Å². The van der Waals surface area contributed by atoms with Crippen LogP contribution >= 0.6 is 0 Å². The predicted molar refractivity (Wildman–Crippen MR) is 67.7 cm³/mol. The third-order valence-electron chi connectivity index (χ3n) is 2.16. The van der Waals surface area contributed by atoms with E-state index in [9.17, 15) is 9.59 Å². The lowest BCUT2D eigenvalue weighted by Gasteiger charge is -2.05. The van der Waals surface area contributed by atoms with E-state index in [4.69, 9.17) is 4.74 Å². The van der Waals surface area contributed by atoms with Crippen LogP contribution in [-0.4, -0.2) is 21.8 Å². The van der Waals surface area contributed by atoms with Crippen LogP contribution in [0.3, 0.4) is 0 Å². The molecule has 6 nitrogen and oxygen atoms in total. The Morgan fingerprint density at radius 3 is 2.47 bits per heavy atom. The zero-order chi connectivity index (χ0) is 13.7. The van der Waals surface area contributed by atoms with Crippen molar-refractivity contribution in [3.05, 3.63) is 48.5 Å². The highest BCUT2D eigenvalue weighted by molar-refractivity contribution is 5.89. The van der Waals surface area contributed by atoms with Gasteiger partial charge in [0.25, 0.3) is 0 Å². The Hall–Kier alpha value is -2.76. The summed E-state index contributed by atoms with van der Waals surface area (Å²) in [5, 5.41) is 2.62. The summed E-state index contributed by atoms with van der Waals surface area (Å²) in [6, 6.07) is 6.44. The molecule has 0 fully saturated rings. The van der Waals surface area contributed by atoms with Gasteiger partial charge in [-0.05, 0) is 24.3 Å². The average Bonchev–Trinajstić information content (AvgIpc) is 2.41. The summed E-state index contributed by atoms with van der Waals surface area (Å²) in [6.07, 6.45) is 4.21. The Balaban J connectivity index is 2.04. The highest BCUT2D eigenvalue weighted by Gasteiger charge is 2.09. The molecular weight excluding hydrogens is 246 g/mol. The van der Waals surface area contributed by atoms with Crippen LogP contribution in [0.5, 0.6) is 5.75 Å². The van der Waals surface area contributed by atoms with E-state index in [0.717, 1.165) is 0 Å². The number of hydrogen-bond donors (Lipinski definition) is 1. The lowest BCUT2D eigenvalue weighted by Crippen LogP contribution is -2.11. The van der Waals surface area contributed by atoms with Crippen LogP contribution in [0.4, 0.5) is 5.69 Å². The Morgan fingerprint density at radius 1 is 1.16 bits per heavy atom. The number of aromatic nitrogens is 2. The van der Waals surface area contributed by atoms with Crippen molar-refractivity contribution in [2.24, 2.45) is 0 Å². The van der Waals surface area contributed by atoms with Crippen LogP contribution in [0.15, 0.2) is 42.9 Å². The van der Waals surface area contributed by atoms with Gasteiger partial charge in [0.15, 0.2) is 5.69 Å². The van der Waals surface area contributed by atoms with Crippen molar-refractivity contribution >= 4 is 17.6 Å². The van der Waals surface area contributed by atoms with Gasteiger partial charge in [0.2, 0.25) is 5.91 Å². The van der Waals surface area contributed by atoms with Gasteiger partial charge in [-0.1, -0.05) is 0 Å². The number of carbonyl (C=O) groups is 2. The Bertz CT molecular complexity index is 582. The fourth-order valence-corrected chi connectivity index (χ4v) is 1.37. The van der Waals surface area contributed by atoms with E-state index in [1.54, 1.807) is 24.3 Å². The van der Waals surface area contributed by atoms with Gasteiger partial charge in [-0.2, -0.15) is 0 Å². The zero-order valence-electron chi connectivity index (χ0n) is 10.2. The van der Waals surface area contributed by atoms with Gasteiger partial charge in [0.1, 0.15) is 5.75 Å². The number of hydrogen-bond acceptors (Lipinski definition) is 5. The Morgan fingerprint density at radius 2 is 1.89 bits per heavy atom. The molecule has 2 aromatic rings. The monoisotopic (exact) mass is 257 g/mol. The molecule has 1 aromatic carbocycles. The van der Waals surface area contributed by atoms with Crippen LogP contribution in [-0.2, 0) is 4.79 Å². The number of esters is 1. The number of amides is 1. The van der Waals surface area contributed by atoms with E-state index >= 15 is 0 Å². The molecule has 0 radical (unpaired) electrons. The van der Waals surface area contributed by atoms with Crippen molar-refractivity contribution in [2.75, 3.05) is 5.32 Å². The molecule has 2 rings (SSSR count). The predicted octanol–water partition coefficient (Wildman–Crippen LogP) is 1.65. The molecule has 1 heterocycles. The van der Waals surface area contributed by atoms with Crippen LogP contribution in [0, 0.1) is 0 Å². The molecule has 1 aromatic heterocycles. The summed E-state index contributed by atoms with van der Waals surface area (Å²) >= 11 is 0. The van der Waals surface area contributed by atoms with Gasteiger partial charge in [0, 0.05) is 25.0 Å². The molecule has 0 aliphatic carbocycles. The molecule has 6 heteroatoms. The van der Waals surface area contributed by atoms with Crippen LogP contribution in [0.2, 0.25) is 0 Å². The average molecular weight is 257 g/mol. The smallest absolute Gasteiger partial charge is 0.363 e. The highest BCUT2D eigenvalue weighted by atomic mass is 16.5. The second kappa shape index (κ2) is 5.72. The van der Waals surface area contributed by atoms with Crippen LogP contribution < -0.4 is 10.1 Å². The molecule has 0 spiro atoms. The number of rotatable bonds is 3. The maximum atomic E-state index is 11.7.